The van der Waals surface area contributed by atoms with E-state index in [0.29, 0.717) is 5.88 Å². The van der Waals surface area contributed by atoms with Gasteiger partial charge in [-0.2, -0.15) is 0 Å². The topological polar surface area (TPSA) is 102 Å². The lowest BCUT2D eigenvalue weighted by Crippen LogP contribution is -2.11. The zero-order valence-corrected chi connectivity index (χ0v) is 14.7. The molecule has 0 aliphatic carbocycles. The lowest BCUT2D eigenvalue weighted by molar-refractivity contribution is -0.122. The van der Waals surface area contributed by atoms with Crippen LogP contribution in [-0.2, 0) is 11.3 Å². The van der Waals surface area contributed by atoms with Crippen LogP contribution in [0.1, 0.15) is 5.56 Å². The van der Waals surface area contributed by atoms with Crippen LogP contribution in [0.2, 0.25) is 0 Å². The van der Waals surface area contributed by atoms with Gasteiger partial charge in [-0.3, -0.25) is 9.78 Å². The van der Waals surface area contributed by atoms with Gasteiger partial charge in [-0.15, -0.1) is 0 Å². The number of carboxylic acid groups (broad SMARTS) is 1. The molecule has 0 fully saturated rings. The van der Waals surface area contributed by atoms with Crippen LogP contribution in [0.25, 0.3) is 11.4 Å². The van der Waals surface area contributed by atoms with Gasteiger partial charge in [0, 0.05) is 61.4 Å². The lowest BCUT2D eigenvalue weighted by Gasteiger charge is -2.11. The number of hydrogen-bond donors (Lipinski definition) is 2. The molecule has 8 heteroatoms. The van der Waals surface area contributed by atoms with Gasteiger partial charge in [-0.1, -0.05) is 0 Å². The van der Waals surface area contributed by atoms with Crippen molar-refractivity contribution < 1.29 is 14.6 Å². The van der Waals surface area contributed by atoms with Crippen molar-refractivity contribution in [2.24, 2.45) is 0 Å². The molecule has 26 heavy (non-hydrogen) atoms. The zero-order chi connectivity index (χ0) is 18.8. The first-order valence-corrected chi connectivity index (χ1v) is 7.93. The average Bonchev–Trinajstić information content (AvgIpc) is 3.12. The van der Waals surface area contributed by atoms with Gasteiger partial charge in [0.05, 0.1) is 7.11 Å². The molecule has 0 saturated carbocycles. The third-order valence-electron chi connectivity index (χ3n) is 3.61. The van der Waals surface area contributed by atoms with Gasteiger partial charge in [-0.25, -0.2) is 9.97 Å². The second-order valence-corrected chi connectivity index (χ2v) is 5.25. The standard InChI is InChI=1S/C17H19N5O.CH2O2/c1-13-12-18-5-4-15(13)19-7-9-22-10-8-21-17(22)14-3-6-20-16(11-14)23-2;2-1-3/h3-6,8,10-12H,7,9H2,1-2H3,(H,18,19);1H,(H,2,3). The highest BCUT2D eigenvalue weighted by molar-refractivity contribution is 5.56. The van der Waals surface area contributed by atoms with E-state index >= 15 is 0 Å². The Bertz CT molecular complexity index is 835. The smallest absolute Gasteiger partial charge is 0.290 e. The molecule has 3 aromatic heterocycles. The predicted octanol–water partition coefficient (Wildman–Crippen LogP) is 2.47. The van der Waals surface area contributed by atoms with Crippen LogP contribution >= 0.6 is 0 Å². The molecule has 0 atom stereocenters. The molecule has 0 aromatic carbocycles. The van der Waals surface area contributed by atoms with Crippen LogP contribution in [0, 0.1) is 6.92 Å². The molecule has 0 spiro atoms. The molecule has 0 radical (unpaired) electrons. The Labute approximate surface area is 151 Å². The number of methoxy groups -OCH3 is 1. The van der Waals surface area contributed by atoms with Gasteiger partial charge in [0.15, 0.2) is 0 Å². The van der Waals surface area contributed by atoms with Crippen LogP contribution in [-0.4, -0.2) is 44.8 Å². The third kappa shape index (κ3) is 5.04. The summed E-state index contributed by atoms with van der Waals surface area (Å²) in [6, 6.07) is 5.80. The van der Waals surface area contributed by atoms with Gasteiger partial charge in [0.2, 0.25) is 5.88 Å². The third-order valence-corrected chi connectivity index (χ3v) is 3.61. The molecule has 3 aromatic rings. The van der Waals surface area contributed by atoms with E-state index in [1.54, 1.807) is 25.7 Å². The van der Waals surface area contributed by atoms with Crippen LogP contribution in [0.4, 0.5) is 5.69 Å². The summed E-state index contributed by atoms with van der Waals surface area (Å²) in [7, 11) is 1.61. The number of ether oxygens (including phenoxy) is 1. The summed E-state index contributed by atoms with van der Waals surface area (Å²) in [4.78, 5) is 21.0. The SMILES string of the molecule is COc1cc(-c2nccn2CCNc2ccncc2C)ccn1.O=CO. The number of aryl methyl sites for hydroxylation is 1. The Hall–Kier alpha value is -3.42. The first kappa shape index (κ1) is 18.9. The minimum atomic E-state index is -0.250. The molecule has 0 aliphatic rings. The summed E-state index contributed by atoms with van der Waals surface area (Å²) in [5.74, 6) is 1.49. The van der Waals surface area contributed by atoms with Gasteiger partial charge in [0.1, 0.15) is 5.82 Å². The van der Waals surface area contributed by atoms with Gasteiger partial charge >= 0.3 is 0 Å². The van der Waals surface area contributed by atoms with Crippen LogP contribution in [0.3, 0.4) is 0 Å². The number of pyridine rings is 2. The van der Waals surface area contributed by atoms with Crippen LogP contribution in [0.5, 0.6) is 5.88 Å². The second kappa shape index (κ2) is 9.77. The molecule has 136 valence electrons. The van der Waals surface area contributed by atoms with Crippen molar-refractivity contribution >= 4 is 12.2 Å². The molecule has 2 N–H and O–H groups in total. The second-order valence-electron chi connectivity index (χ2n) is 5.25. The van der Waals surface area contributed by atoms with Crippen molar-refractivity contribution in [1.29, 1.82) is 0 Å². The van der Waals surface area contributed by atoms with Crippen molar-refractivity contribution in [3.8, 4) is 17.3 Å². The van der Waals surface area contributed by atoms with E-state index in [1.165, 1.54) is 0 Å². The summed E-state index contributed by atoms with van der Waals surface area (Å²) in [5, 5.41) is 10.3. The zero-order valence-electron chi connectivity index (χ0n) is 14.7. The number of rotatable bonds is 6. The number of hydrogen-bond acceptors (Lipinski definition) is 6. The fraction of sp³-hybridized carbons (Fsp3) is 0.222. The monoisotopic (exact) mass is 355 g/mol. The number of imidazole rings is 1. The normalized spacial score (nSPS) is 9.77. The van der Waals surface area contributed by atoms with Crippen molar-refractivity contribution in [1.82, 2.24) is 19.5 Å². The molecule has 3 rings (SSSR count). The van der Waals surface area contributed by atoms with Crippen molar-refractivity contribution in [2.45, 2.75) is 13.5 Å². The van der Waals surface area contributed by atoms with Gasteiger partial charge in [0.25, 0.3) is 6.47 Å². The van der Waals surface area contributed by atoms with E-state index in [0.717, 1.165) is 35.7 Å². The van der Waals surface area contributed by atoms with E-state index in [1.807, 2.05) is 37.5 Å². The molecule has 0 aliphatic heterocycles. The number of carbonyl (C=O) groups is 1. The van der Waals surface area contributed by atoms with Gasteiger partial charge in [-0.05, 0) is 24.6 Å². The van der Waals surface area contributed by atoms with E-state index < -0.39 is 0 Å². The molecule has 0 saturated heterocycles. The highest BCUT2D eigenvalue weighted by Crippen LogP contribution is 2.20. The Morgan fingerprint density at radius 1 is 1.27 bits per heavy atom. The first-order valence-electron chi connectivity index (χ1n) is 7.93. The van der Waals surface area contributed by atoms with Crippen molar-refractivity contribution in [2.75, 3.05) is 19.0 Å². The Morgan fingerprint density at radius 2 is 2.08 bits per heavy atom. The maximum absolute atomic E-state index is 8.36. The molecule has 0 amide bonds. The number of nitrogens with one attached hydrogen (secondary N) is 1. The summed E-state index contributed by atoms with van der Waals surface area (Å²) < 4.78 is 7.29. The maximum Gasteiger partial charge on any atom is 0.290 e. The van der Waals surface area contributed by atoms with Crippen LogP contribution in [0.15, 0.2) is 49.2 Å². The highest BCUT2D eigenvalue weighted by atomic mass is 16.5. The minimum absolute atomic E-state index is 0.250. The Balaban J connectivity index is 0.000000758. The summed E-state index contributed by atoms with van der Waals surface area (Å²) in [5.41, 5.74) is 3.23. The fourth-order valence-electron chi connectivity index (χ4n) is 2.39. The van der Waals surface area contributed by atoms with Crippen molar-refractivity contribution in [3.63, 3.8) is 0 Å². The molecule has 8 nitrogen and oxygen atoms in total. The van der Waals surface area contributed by atoms with Crippen molar-refractivity contribution in [3.05, 3.63) is 54.7 Å². The summed E-state index contributed by atoms with van der Waals surface area (Å²) in [6.45, 7) is 3.40. The van der Waals surface area contributed by atoms with Gasteiger partial charge < -0.3 is 19.7 Å². The summed E-state index contributed by atoms with van der Waals surface area (Å²) >= 11 is 0. The largest absolute Gasteiger partial charge is 0.483 e. The molecular formula is C18H21N5O3. The van der Waals surface area contributed by atoms with E-state index in [4.69, 9.17) is 14.6 Å². The van der Waals surface area contributed by atoms with Crippen LogP contribution < -0.4 is 10.1 Å². The highest BCUT2D eigenvalue weighted by Gasteiger charge is 2.07. The predicted molar refractivity (Wildman–Crippen MR) is 98.2 cm³/mol. The number of anilines is 1. The molecule has 0 bridgehead atoms. The quantitative estimate of drug-likeness (QED) is 0.655. The lowest BCUT2D eigenvalue weighted by atomic mass is 10.2. The fourth-order valence-corrected chi connectivity index (χ4v) is 2.39. The minimum Gasteiger partial charge on any atom is -0.483 e. The Morgan fingerprint density at radius 3 is 2.81 bits per heavy atom. The molecule has 0 unspecified atom stereocenters. The van der Waals surface area contributed by atoms with E-state index in [2.05, 4.69) is 24.8 Å². The Kier molecular flexibility index (Phi) is 7.11. The van der Waals surface area contributed by atoms with E-state index in [-0.39, 0.29) is 6.47 Å². The number of aromatic nitrogens is 4. The maximum atomic E-state index is 8.36. The van der Waals surface area contributed by atoms with E-state index in [9.17, 15) is 0 Å². The average molecular weight is 355 g/mol. The summed E-state index contributed by atoms with van der Waals surface area (Å²) in [6.07, 6.45) is 9.16. The molecule has 3 heterocycles. The number of nitrogens with zero attached hydrogens (tertiary/aromatic N) is 4. The first-order chi connectivity index (χ1) is 12.7. The molecular weight excluding hydrogens is 334 g/mol.